The van der Waals surface area contributed by atoms with Gasteiger partial charge in [-0.2, -0.15) is 0 Å². The molecule has 0 aliphatic heterocycles. The van der Waals surface area contributed by atoms with E-state index in [9.17, 15) is 17.6 Å². The lowest BCUT2D eigenvalue weighted by atomic mass is 10.1. The van der Waals surface area contributed by atoms with Gasteiger partial charge in [0.15, 0.2) is 0 Å². The average molecular weight is 477 g/mol. The smallest absolute Gasteiger partial charge is 0.258 e. The number of carbonyl (C=O) groups is 1. The molecular weight excluding hydrogens is 455 g/mol. The van der Waals surface area contributed by atoms with Crippen molar-refractivity contribution in [2.45, 2.75) is 18.2 Å². The molecule has 1 amide bonds. The van der Waals surface area contributed by atoms with Crippen LogP contribution in [0.2, 0.25) is 5.02 Å². The van der Waals surface area contributed by atoms with E-state index in [0.717, 1.165) is 29.3 Å². The predicted octanol–water partition coefficient (Wildman–Crippen LogP) is 4.57. The Morgan fingerprint density at radius 3 is 2.47 bits per heavy atom. The quantitative estimate of drug-likeness (QED) is 0.498. The first kappa shape index (κ1) is 23.7. The SMILES string of the molecule is COc1ccc(C)cc1NC(=O)c1cc(S(=O)(=O)NCCc2ccc(Cl)cc2)ccc1F. The molecule has 0 aliphatic rings. The largest absolute Gasteiger partial charge is 0.495 e. The Hall–Kier alpha value is -2.94. The number of benzene rings is 3. The van der Waals surface area contributed by atoms with Gasteiger partial charge in [0, 0.05) is 11.6 Å². The molecule has 0 atom stereocenters. The minimum Gasteiger partial charge on any atom is -0.495 e. The van der Waals surface area contributed by atoms with Gasteiger partial charge in [0.05, 0.1) is 23.3 Å². The minimum absolute atomic E-state index is 0.128. The van der Waals surface area contributed by atoms with Crippen LogP contribution in [-0.4, -0.2) is 28.0 Å². The highest BCUT2D eigenvalue weighted by atomic mass is 35.5. The van der Waals surface area contributed by atoms with Gasteiger partial charge in [-0.15, -0.1) is 0 Å². The highest BCUT2D eigenvalue weighted by Gasteiger charge is 2.20. The molecule has 0 unspecified atom stereocenters. The zero-order valence-corrected chi connectivity index (χ0v) is 19.1. The van der Waals surface area contributed by atoms with E-state index in [1.165, 1.54) is 7.11 Å². The normalized spacial score (nSPS) is 11.2. The van der Waals surface area contributed by atoms with Gasteiger partial charge < -0.3 is 10.1 Å². The van der Waals surface area contributed by atoms with Gasteiger partial charge in [0.1, 0.15) is 11.6 Å². The fourth-order valence-electron chi connectivity index (χ4n) is 3.02. The van der Waals surface area contributed by atoms with E-state index < -0.39 is 27.3 Å². The summed E-state index contributed by atoms with van der Waals surface area (Å²) < 4.78 is 47.4. The second-order valence-corrected chi connectivity index (χ2v) is 9.28. The third-order valence-electron chi connectivity index (χ3n) is 4.71. The van der Waals surface area contributed by atoms with Gasteiger partial charge in [0.25, 0.3) is 5.91 Å². The van der Waals surface area contributed by atoms with E-state index in [1.807, 2.05) is 6.92 Å². The van der Waals surface area contributed by atoms with Gasteiger partial charge >= 0.3 is 0 Å². The number of hydrogen-bond donors (Lipinski definition) is 2. The molecule has 0 bridgehead atoms. The molecule has 3 rings (SSSR count). The molecule has 3 aromatic rings. The monoisotopic (exact) mass is 476 g/mol. The van der Waals surface area contributed by atoms with Crippen molar-refractivity contribution in [2.24, 2.45) is 0 Å². The zero-order chi connectivity index (χ0) is 23.3. The van der Waals surface area contributed by atoms with Gasteiger partial charge in [-0.25, -0.2) is 17.5 Å². The highest BCUT2D eigenvalue weighted by molar-refractivity contribution is 7.89. The molecule has 0 aliphatic carbocycles. The number of anilines is 1. The van der Waals surface area contributed by atoms with E-state index in [4.69, 9.17) is 16.3 Å². The molecule has 0 radical (unpaired) electrons. The molecule has 0 fully saturated rings. The summed E-state index contributed by atoms with van der Waals surface area (Å²) in [4.78, 5) is 12.5. The van der Waals surface area contributed by atoms with Crippen molar-refractivity contribution >= 4 is 33.2 Å². The van der Waals surface area contributed by atoms with Crippen molar-refractivity contribution in [3.63, 3.8) is 0 Å². The average Bonchev–Trinajstić information content (AvgIpc) is 2.75. The number of amides is 1. The number of methoxy groups -OCH3 is 1. The Labute approximate surface area is 191 Å². The number of carbonyl (C=O) groups excluding carboxylic acids is 1. The maximum Gasteiger partial charge on any atom is 0.258 e. The third-order valence-corrected chi connectivity index (χ3v) is 6.43. The van der Waals surface area contributed by atoms with Crippen molar-refractivity contribution < 1.29 is 22.3 Å². The second kappa shape index (κ2) is 10.1. The summed E-state index contributed by atoms with van der Waals surface area (Å²) in [6.07, 6.45) is 0.443. The van der Waals surface area contributed by atoms with Crippen LogP contribution in [0.5, 0.6) is 5.75 Å². The summed E-state index contributed by atoms with van der Waals surface area (Å²) >= 11 is 5.85. The standard InChI is InChI=1S/C23H22ClFN2O4S/c1-15-3-10-22(31-2)21(13-15)27-23(28)19-14-18(8-9-20(19)25)32(29,30)26-12-11-16-4-6-17(24)7-5-16/h3-10,13-14,26H,11-12H2,1-2H3,(H,27,28). The molecule has 0 heterocycles. The number of ether oxygens (including phenoxy) is 1. The van der Waals surface area contributed by atoms with Gasteiger partial charge in [-0.05, 0) is 66.9 Å². The van der Waals surface area contributed by atoms with E-state index >= 15 is 0 Å². The fraction of sp³-hybridized carbons (Fsp3) is 0.174. The van der Waals surface area contributed by atoms with Gasteiger partial charge in [0.2, 0.25) is 10.0 Å². The van der Waals surface area contributed by atoms with Crippen LogP contribution in [0.4, 0.5) is 10.1 Å². The molecule has 6 nitrogen and oxygen atoms in total. The Kier molecular flexibility index (Phi) is 7.50. The number of hydrogen-bond acceptors (Lipinski definition) is 4. The summed E-state index contributed by atoms with van der Waals surface area (Å²) in [6, 6.07) is 15.3. The zero-order valence-electron chi connectivity index (χ0n) is 17.5. The molecular formula is C23H22ClFN2O4S. The molecule has 2 N–H and O–H groups in total. The number of halogens is 2. The lowest BCUT2D eigenvalue weighted by Crippen LogP contribution is -2.26. The van der Waals surface area contributed by atoms with Crippen LogP contribution < -0.4 is 14.8 Å². The van der Waals surface area contributed by atoms with Crippen LogP contribution in [0.3, 0.4) is 0 Å². The minimum atomic E-state index is -3.95. The summed E-state index contributed by atoms with van der Waals surface area (Å²) in [5.41, 5.74) is 1.73. The van der Waals surface area contributed by atoms with Crippen molar-refractivity contribution in [1.29, 1.82) is 0 Å². The summed E-state index contributed by atoms with van der Waals surface area (Å²) in [5.74, 6) is -1.23. The van der Waals surface area contributed by atoms with Crippen LogP contribution >= 0.6 is 11.6 Å². The summed E-state index contributed by atoms with van der Waals surface area (Å²) in [5, 5.41) is 3.17. The number of rotatable bonds is 8. The Bertz CT molecular complexity index is 1230. The highest BCUT2D eigenvalue weighted by Crippen LogP contribution is 2.26. The third kappa shape index (κ3) is 5.85. The van der Waals surface area contributed by atoms with Gasteiger partial charge in [-0.3, -0.25) is 4.79 Å². The molecule has 0 saturated heterocycles. The molecule has 0 aromatic heterocycles. The van der Waals surface area contributed by atoms with Crippen LogP contribution in [-0.2, 0) is 16.4 Å². The van der Waals surface area contributed by atoms with Gasteiger partial charge in [-0.1, -0.05) is 29.8 Å². The van der Waals surface area contributed by atoms with E-state index in [2.05, 4.69) is 10.0 Å². The molecule has 3 aromatic carbocycles. The number of nitrogens with one attached hydrogen (secondary N) is 2. The summed E-state index contributed by atoms with van der Waals surface area (Å²) in [6.45, 7) is 1.96. The fourth-order valence-corrected chi connectivity index (χ4v) is 4.20. The number of aryl methyl sites for hydroxylation is 1. The molecule has 32 heavy (non-hydrogen) atoms. The lowest BCUT2D eigenvalue weighted by molar-refractivity contribution is 0.102. The van der Waals surface area contributed by atoms with Crippen molar-refractivity contribution in [3.05, 3.63) is 88.2 Å². The van der Waals surface area contributed by atoms with Crippen molar-refractivity contribution in [1.82, 2.24) is 4.72 Å². The first-order valence-corrected chi connectivity index (χ1v) is 11.6. The van der Waals surface area contributed by atoms with Crippen LogP contribution in [0.15, 0.2) is 65.6 Å². The maximum atomic E-state index is 14.4. The molecule has 0 saturated carbocycles. The van der Waals surface area contributed by atoms with E-state index in [0.29, 0.717) is 22.9 Å². The second-order valence-electron chi connectivity index (χ2n) is 7.07. The molecule has 9 heteroatoms. The van der Waals surface area contributed by atoms with Crippen LogP contribution in [0.25, 0.3) is 0 Å². The number of sulfonamides is 1. The Morgan fingerprint density at radius 1 is 1.06 bits per heavy atom. The van der Waals surface area contributed by atoms with Crippen molar-refractivity contribution in [2.75, 3.05) is 19.0 Å². The Morgan fingerprint density at radius 2 is 1.78 bits per heavy atom. The molecule has 0 spiro atoms. The van der Waals surface area contributed by atoms with Crippen LogP contribution in [0.1, 0.15) is 21.5 Å². The summed E-state index contributed by atoms with van der Waals surface area (Å²) in [7, 11) is -2.50. The maximum absolute atomic E-state index is 14.4. The Balaban J connectivity index is 1.76. The van der Waals surface area contributed by atoms with E-state index in [1.54, 1.807) is 42.5 Å². The first-order valence-electron chi connectivity index (χ1n) is 9.69. The first-order chi connectivity index (χ1) is 15.2. The molecule has 168 valence electrons. The topological polar surface area (TPSA) is 84.5 Å². The van der Waals surface area contributed by atoms with Crippen molar-refractivity contribution in [3.8, 4) is 5.75 Å². The van der Waals surface area contributed by atoms with Crippen LogP contribution in [0, 0.1) is 12.7 Å². The lowest BCUT2D eigenvalue weighted by Gasteiger charge is -2.12. The van der Waals surface area contributed by atoms with E-state index in [-0.39, 0.29) is 11.4 Å². The predicted molar refractivity (Wildman–Crippen MR) is 122 cm³/mol.